The van der Waals surface area contributed by atoms with Crippen LogP contribution >= 0.6 is 0 Å². The molecule has 5 heteroatoms. The van der Waals surface area contributed by atoms with Crippen LogP contribution in [0.1, 0.15) is 6.42 Å². The van der Waals surface area contributed by atoms with Gasteiger partial charge in [-0.25, -0.2) is 13.0 Å². The molecule has 1 atom stereocenters. The van der Waals surface area contributed by atoms with E-state index in [1.54, 1.807) is 4.90 Å². The van der Waals surface area contributed by atoms with Gasteiger partial charge in [0, 0.05) is 40.1 Å². The van der Waals surface area contributed by atoms with Gasteiger partial charge in [0.25, 0.3) is 0 Å². The molecular formula is C11H16N3ORe-. The molecule has 0 spiro atoms. The topological polar surface area (TPSA) is 47.3 Å². The third-order valence-electron chi connectivity index (χ3n) is 2.56. The van der Waals surface area contributed by atoms with E-state index < -0.39 is 0 Å². The van der Waals surface area contributed by atoms with Crippen LogP contribution < -0.4 is 0 Å². The van der Waals surface area contributed by atoms with Crippen LogP contribution in [-0.4, -0.2) is 48.4 Å². The number of hydrogen-bond acceptors (Lipinski definition) is 3. The Balaban J connectivity index is 0.00000225. The first-order chi connectivity index (χ1) is 7.19. The van der Waals surface area contributed by atoms with E-state index in [-0.39, 0.29) is 32.4 Å². The molecule has 1 heterocycles. The maximum atomic E-state index is 11.7. The molecule has 4 nitrogen and oxygen atoms in total. The number of rotatable bonds is 2. The summed E-state index contributed by atoms with van der Waals surface area (Å²) in [5.41, 5.74) is 0. The van der Waals surface area contributed by atoms with Gasteiger partial charge < -0.3 is 9.80 Å². The van der Waals surface area contributed by atoms with E-state index in [0.717, 1.165) is 13.1 Å². The zero-order valence-corrected chi connectivity index (χ0v) is 12.1. The average molecular weight is 392 g/mol. The normalized spacial score (nSPS) is 21.5. The van der Waals surface area contributed by atoms with Crippen molar-refractivity contribution in [3.63, 3.8) is 0 Å². The van der Waals surface area contributed by atoms with E-state index in [2.05, 4.69) is 17.9 Å². The van der Waals surface area contributed by atoms with Crippen LogP contribution in [-0.2, 0) is 25.2 Å². The van der Waals surface area contributed by atoms with E-state index in [4.69, 9.17) is 5.26 Å². The van der Waals surface area contributed by atoms with Gasteiger partial charge >= 0.3 is 0 Å². The molecule has 1 amide bonds. The molecule has 0 bridgehead atoms. The summed E-state index contributed by atoms with van der Waals surface area (Å²) in [5.74, 6) is -0.0432. The first-order valence-electron chi connectivity index (χ1n) is 5.01. The van der Waals surface area contributed by atoms with Crippen LogP contribution in [0.25, 0.3) is 0 Å². The molecule has 1 aliphatic heterocycles. The minimum Gasteiger partial charge on any atom is -0.348 e. The van der Waals surface area contributed by atoms with Gasteiger partial charge in [0.2, 0.25) is 0 Å². The fraction of sp³-hybridized carbons (Fsp3) is 0.545. The largest absolute Gasteiger partial charge is 0.348 e. The first kappa shape index (κ1) is 15.2. The Labute approximate surface area is 111 Å². The SMILES string of the molecule is [CH2-]/C=C/C(=O)N1CCN(C)CC1CC#N.[Re]. The molecule has 1 unspecified atom stereocenters. The van der Waals surface area contributed by atoms with E-state index in [0.29, 0.717) is 13.0 Å². The number of carbonyl (C=O) groups is 1. The van der Waals surface area contributed by atoms with E-state index in [1.807, 2.05) is 7.05 Å². The molecule has 16 heavy (non-hydrogen) atoms. The van der Waals surface area contributed by atoms with Crippen molar-refractivity contribution >= 4 is 5.91 Å². The zero-order valence-electron chi connectivity index (χ0n) is 9.40. The number of likely N-dealkylation sites (N-methyl/N-ethyl adjacent to an activating group) is 1. The average Bonchev–Trinajstić information content (AvgIpc) is 2.18. The van der Waals surface area contributed by atoms with Crippen LogP contribution in [0.15, 0.2) is 12.2 Å². The van der Waals surface area contributed by atoms with Gasteiger partial charge in [0.1, 0.15) is 0 Å². The van der Waals surface area contributed by atoms with Gasteiger partial charge in [-0.05, 0) is 7.05 Å². The van der Waals surface area contributed by atoms with Crippen LogP contribution in [0, 0.1) is 18.3 Å². The fourth-order valence-electron chi connectivity index (χ4n) is 1.78. The second-order valence-corrected chi connectivity index (χ2v) is 3.71. The van der Waals surface area contributed by atoms with Crippen LogP contribution in [0.5, 0.6) is 0 Å². The molecule has 1 fully saturated rings. The molecule has 0 saturated carbocycles. The molecule has 0 aromatic rings. The monoisotopic (exact) mass is 393 g/mol. The van der Waals surface area contributed by atoms with Crippen molar-refractivity contribution < 1.29 is 25.2 Å². The molecule has 89 valence electrons. The Bertz CT molecular complexity index is 298. The van der Waals surface area contributed by atoms with Crippen molar-refractivity contribution in [3.05, 3.63) is 19.1 Å². The van der Waals surface area contributed by atoms with Crippen molar-refractivity contribution in [2.45, 2.75) is 12.5 Å². The van der Waals surface area contributed by atoms with Crippen molar-refractivity contribution in [3.8, 4) is 6.07 Å². The summed E-state index contributed by atoms with van der Waals surface area (Å²) in [7, 11) is 2.00. The molecule has 0 aromatic heterocycles. The van der Waals surface area contributed by atoms with Gasteiger partial charge in [-0.1, -0.05) is 0 Å². The van der Waals surface area contributed by atoms with Gasteiger partial charge in [-0.15, -0.1) is 6.08 Å². The molecular weight excluding hydrogens is 376 g/mol. The summed E-state index contributed by atoms with van der Waals surface area (Å²) in [6.07, 6.45) is 3.33. The van der Waals surface area contributed by atoms with Gasteiger partial charge in [0.05, 0.1) is 18.5 Å². The Morgan fingerprint density at radius 2 is 2.31 bits per heavy atom. The summed E-state index contributed by atoms with van der Waals surface area (Å²) in [6.45, 7) is 5.82. The number of nitriles is 1. The Morgan fingerprint density at radius 1 is 1.62 bits per heavy atom. The predicted molar refractivity (Wildman–Crippen MR) is 57.7 cm³/mol. The predicted octanol–water partition coefficient (Wildman–Crippen LogP) is 0.430. The molecule has 0 aromatic carbocycles. The van der Waals surface area contributed by atoms with Crippen molar-refractivity contribution in [2.75, 3.05) is 26.7 Å². The number of piperazine rings is 1. The van der Waals surface area contributed by atoms with Crippen molar-refractivity contribution in [1.82, 2.24) is 9.80 Å². The number of carbonyl (C=O) groups excluding carboxylic acids is 1. The molecule has 1 rings (SSSR count). The maximum absolute atomic E-state index is 11.7. The van der Waals surface area contributed by atoms with Gasteiger partial charge in [-0.3, -0.25) is 4.79 Å². The quantitative estimate of drug-likeness (QED) is 0.506. The molecule has 1 radical (unpaired) electrons. The Hall–Kier alpha value is -0.808. The molecule has 1 aliphatic rings. The van der Waals surface area contributed by atoms with Gasteiger partial charge in [0.15, 0.2) is 5.91 Å². The third kappa shape index (κ3) is 3.98. The van der Waals surface area contributed by atoms with Crippen LogP contribution in [0.2, 0.25) is 0 Å². The number of nitrogens with zero attached hydrogens (tertiary/aromatic N) is 3. The minimum absolute atomic E-state index is 0. The fourth-order valence-corrected chi connectivity index (χ4v) is 1.78. The summed E-state index contributed by atoms with van der Waals surface area (Å²) < 4.78 is 0. The number of allylic oxidation sites excluding steroid dienone is 1. The van der Waals surface area contributed by atoms with E-state index in [9.17, 15) is 4.79 Å². The third-order valence-corrected chi connectivity index (χ3v) is 2.56. The first-order valence-corrected chi connectivity index (χ1v) is 5.01. The van der Waals surface area contributed by atoms with Crippen molar-refractivity contribution in [1.29, 1.82) is 5.26 Å². The summed E-state index contributed by atoms with van der Waals surface area (Å²) in [6, 6.07) is 2.14. The summed E-state index contributed by atoms with van der Waals surface area (Å²) in [4.78, 5) is 15.6. The van der Waals surface area contributed by atoms with Crippen molar-refractivity contribution in [2.24, 2.45) is 0 Å². The molecule has 0 aliphatic carbocycles. The molecule has 1 saturated heterocycles. The Morgan fingerprint density at radius 3 is 2.88 bits per heavy atom. The minimum atomic E-state index is -0.0432. The summed E-state index contributed by atoms with van der Waals surface area (Å²) >= 11 is 0. The second kappa shape index (κ2) is 7.46. The smallest absolute Gasteiger partial charge is 0.165 e. The standard InChI is InChI=1S/C11H16N3O.Re/c1-3-4-11(15)14-8-7-13(2)9-10(14)5-6-12;/h3-4,10H,1,5,7-9H2,2H3;/q-1;/b4-3+;. The van der Waals surface area contributed by atoms with Crippen LogP contribution in [0.4, 0.5) is 0 Å². The van der Waals surface area contributed by atoms with Crippen LogP contribution in [0.3, 0.4) is 0 Å². The van der Waals surface area contributed by atoms with E-state index >= 15 is 0 Å². The van der Waals surface area contributed by atoms with Gasteiger partial charge in [-0.2, -0.15) is 5.26 Å². The van der Waals surface area contributed by atoms with E-state index in [1.165, 1.54) is 12.2 Å². The molecule has 0 N–H and O–H groups in total. The zero-order chi connectivity index (χ0) is 11.3. The maximum Gasteiger partial charge on any atom is 0.165 e. The second-order valence-electron chi connectivity index (χ2n) is 3.71. The number of amides is 1. The number of hydrogen-bond donors (Lipinski definition) is 0. The Kier molecular flexibility index (Phi) is 7.09. The summed E-state index contributed by atoms with van der Waals surface area (Å²) in [5, 5.41) is 8.70.